The molecule has 0 fully saturated rings. The summed E-state index contributed by atoms with van der Waals surface area (Å²) in [4.78, 5) is 4.88. The first-order valence-corrected chi connectivity index (χ1v) is 11.6. The molecule has 0 heterocycles. The second kappa shape index (κ2) is 10.5. The molecule has 156 valence electrons. The van der Waals surface area contributed by atoms with Gasteiger partial charge in [-0.25, -0.2) is 0 Å². The second-order valence-corrected chi connectivity index (χ2v) is 8.75. The molecule has 3 heteroatoms. The minimum Gasteiger partial charge on any atom is -0.321 e. The molecule has 2 atom stereocenters. The Morgan fingerprint density at radius 2 is 1.74 bits per heavy atom. The average molecular weight is 471 g/mol. The number of aliphatic imine (C=N–C) groups is 1. The Morgan fingerprint density at radius 3 is 2.42 bits per heavy atom. The summed E-state index contributed by atoms with van der Waals surface area (Å²) >= 11 is 3.49. The summed E-state index contributed by atoms with van der Waals surface area (Å²) in [6.07, 6.45) is 20.8. The molecule has 0 saturated carbocycles. The maximum Gasteiger partial charge on any atom is 0.0501 e. The molecule has 0 aromatic heterocycles. The van der Waals surface area contributed by atoms with E-state index in [9.17, 15) is 0 Å². The van der Waals surface area contributed by atoms with Gasteiger partial charge in [0, 0.05) is 22.3 Å². The monoisotopic (exact) mass is 470 g/mol. The number of nitrogens with two attached hydrogens (primary N) is 1. The third-order valence-electron chi connectivity index (χ3n) is 5.58. The van der Waals surface area contributed by atoms with Gasteiger partial charge in [0.15, 0.2) is 0 Å². The Balaban J connectivity index is 1.58. The van der Waals surface area contributed by atoms with E-state index in [1.165, 1.54) is 11.1 Å². The summed E-state index contributed by atoms with van der Waals surface area (Å²) < 4.78 is 1.05. The van der Waals surface area contributed by atoms with Crippen LogP contribution in [0.25, 0.3) is 0 Å². The molecule has 2 aliphatic rings. The van der Waals surface area contributed by atoms with Gasteiger partial charge >= 0.3 is 0 Å². The normalized spacial score (nSPS) is 19.9. The van der Waals surface area contributed by atoms with Crippen LogP contribution in [0.2, 0.25) is 0 Å². The Kier molecular flexibility index (Phi) is 7.29. The van der Waals surface area contributed by atoms with Gasteiger partial charge in [-0.3, -0.25) is 4.99 Å². The van der Waals surface area contributed by atoms with Crippen LogP contribution in [0.3, 0.4) is 0 Å². The quantitative estimate of drug-likeness (QED) is 0.444. The second-order valence-electron chi connectivity index (χ2n) is 7.84. The van der Waals surface area contributed by atoms with E-state index in [0.717, 1.165) is 40.6 Å². The fourth-order valence-electron chi connectivity index (χ4n) is 3.80. The molecule has 0 amide bonds. The van der Waals surface area contributed by atoms with Gasteiger partial charge in [0.1, 0.15) is 0 Å². The minimum atomic E-state index is -0.209. The maximum atomic E-state index is 6.54. The number of nitrogens with zero attached hydrogens (tertiary/aromatic N) is 1. The van der Waals surface area contributed by atoms with Crippen molar-refractivity contribution in [1.29, 1.82) is 0 Å². The van der Waals surface area contributed by atoms with Crippen molar-refractivity contribution in [2.45, 2.75) is 25.3 Å². The lowest BCUT2D eigenvalue weighted by molar-refractivity contribution is 0.735. The van der Waals surface area contributed by atoms with Crippen molar-refractivity contribution < 1.29 is 0 Å². The lowest BCUT2D eigenvalue weighted by Crippen LogP contribution is -2.11. The Bertz CT molecular complexity index is 1070. The highest BCUT2D eigenvalue weighted by Gasteiger charge is 2.16. The molecule has 2 N–H and O–H groups in total. The van der Waals surface area contributed by atoms with E-state index >= 15 is 0 Å². The SMILES string of the molecule is NC(/C=C(\N=C\c1ccccc1)C1C=CC(C2=CCCC=C2)=CC1)c1ccc(Br)cc1. The van der Waals surface area contributed by atoms with Crippen LogP contribution in [0.15, 0.2) is 123 Å². The first-order chi connectivity index (χ1) is 15.2. The minimum absolute atomic E-state index is 0.207. The van der Waals surface area contributed by atoms with E-state index in [1.54, 1.807) is 0 Å². The smallest absolute Gasteiger partial charge is 0.0501 e. The molecular formula is C28H27BrN2. The van der Waals surface area contributed by atoms with Gasteiger partial charge in [-0.05, 0) is 59.7 Å². The molecule has 2 unspecified atom stereocenters. The maximum absolute atomic E-state index is 6.54. The molecule has 0 spiro atoms. The lowest BCUT2D eigenvalue weighted by Gasteiger charge is -2.20. The predicted molar refractivity (Wildman–Crippen MR) is 135 cm³/mol. The number of allylic oxidation sites excluding steroid dienone is 8. The van der Waals surface area contributed by atoms with Crippen molar-refractivity contribution >= 4 is 22.1 Å². The van der Waals surface area contributed by atoms with Crippen molar-refractivity contribution in [3.05, 3.63) is 130 Å². The number of benzene rings is 2. The lowest BCUT2D eigenvalue weighted by atomic mass is 9.88. The summed E-state index contributed by atoms with van der Waals surface area (Å²) in [5.41, 5.74) is 12.3. The van der Waals surface area contributed by atoms with Crippen LogP contribution in [0, 0.1) is 5.92 Å². The highest BCUT2D eigenvalue weighted by molar-refractivity contribution is 9.10. The molecular weight excluding hydrogens is 444 g/mol. The standard InChI is InChI=1S/C28H27BrN2/c29-26-17-15-24(16-18-26)27(30)19-28(31-20-21-7-3-1-4-8-21)25-13-11-23(12-14-25)22-9-5-2-6-10-22/h1,3-5,7-13,15-20,25,27H,2,6,14,30H2/b28-19-,31-20+. The van der Waals surface area contributed by atoms with Gasteiger partial charge in [-0.1, -0.05) is 94.9 Å². The molecule has 0 radical (unpaired) electrons. The summed E-state index contributed by atoms with van der Waals surface area (Å²) in [5.74, 6) is 0.207. The fraction of sp³-hybridized carbons (Fsp3) is 0.179. The van der Waals surface area contributed by atoms with E-state index < -0.39 is 0 Å². The Labute approximate surface area is 193 Å². The van der Waals surface area contributed by atoms with Gasteiger partial charge < -0.3 is 5.73 Å². The zero-order valence-corrected chi connectivity index (χ0v) is 19.1. The summed E-state index contributed by atoms with van der Waals surface area (Å²) in [6.45, 7) is 0. The highest BCUT2D eigenvalue weighted by Crippen LogP contribution is 2.30. The van der Waals surface area contributed by atoms with Gasteiger partial charge in [0.25, 0.3) is 0 Å². The molecule has 2 aromatic rings. The molecule has 0 aliphatic heterocycles. The van der Waals surface area contributed by atoms with Crippen LogP contribution in [0.4, 0.5) is 0 Å². The fourth-order valence-corrected chi connectivity index (χ4v) is 4.06. The number of rotatable bonds is 6. The third-order valence-corrected chi connectivity index (χ3v) is 6.10. The first-order valence-electron chi connectivity index (χ1n) is 10.8. The molecule has 31 heavy (non-hydrogen) atoms. The van der Waals surface area contributed by atoms with Crippen molar-refractivity contribution in [3.63, 3.8) is 0 Å². The zero-order valence-electron chi connectivity index (χ0n) is 17.5. The number of hydrogen-bond donors (Lipinski definition) is 1. The number of hydrogen-bond acceptors (Lipinski definition) is 2. The van der Waals surface area contributed by atoms with E-state index in [2.05, 4.69) is 82.7 Å². The highest BCUT2D eigenvalue weighted by atomic mass is 79.9. The van der Waals surface area contributed by atoms with Gasteiger partial charge in [0.2, 0.25) is 0 Å². The van der Waals surface area contributed by atoms with Crippen LogP contribution in [0.5, 0.6) is 0 Å². The molecule has 2 aromatic carbocycles. The van der Waals surface area contributed by atoms with Crippen LogP contribution >= 0.6 is 15.9 Å². The van der Waals surface area contributed by atoms with Crippen LogP contribution in [-0.2, 0) is 0 Å². The van der Waals surface area contributed by atoms with E-state index in [4.69, 9.17) is 10.7 Å². The largest absolute Gasteiger partial charge is 0.321 e. The number of halogens is 1. The van der Waals surface area contributed by atoms with Crippen molar-refractivity contribution in [1.82, 2.24) is 0 Å². The van der Waals surface area contributed by atoms with E-state index in [1.807, 2.05) is 36.5 Å². The van der Waals surface area contributed by atoms with Gasteiger partial charge in [0.05, 0.1) is 6.04 Å². The predicted octanol–water partition coefficient (Wildman–Crippen LogP) is 7.23. The summed E-state index contributed by atoms with van der Waals surface area (Å²) in [6, 6.07) is 18.1. The molecule has 2 nitrogen and oxygen atoms in total. The molecule has 0 bridgehead atoms. The Morgan fingerprint density at radius 1 is 0.968 bits per heavy atom. The average Bonchev–Trinajstić information content (AvgIpc) is 2.83. The third kappa shape index (κ3) is 5.90. The van der Waals surface area contributed by atoms with E-state index in [0.29, 0.717) is 0 Å². The van der Waals surface area contributed by atoms with Crippen LogP contribution in [0.1, 0.15) is 36.4 Å². The topological polar surface area (TPSA) is 38.4 Å². The van der Waals surface area contributed by atoms with E-state index in [-0.39, 0.29) is 12.0 Å². The van der Waals surface area contributed by atoms with Gasteiger partial charge in [-0.15, -0.1) is 0 Å². The van der Waals surface area contributed by atoms with Crippen molar-refractivity contribution in [3.8, 4) is 0 Å². The molecule has 4 rings (SSSR count). The summed E-state index contributed by atoms with van der Waals surface area (Å²) in [7, 11) is 0. The van der Waals surface area contributed by atoms with Crippen LogP contribution < -0.4 is 5.73 Å². The van der Waals surface area contributed by atoms with Crippen molar-refractivity contribution in [2.24, 2.45) is 16.6 Å². The zero-order chi connectivity index (χ0) is 21.5. The van der Waals surface area contributed by atoms with Crippen LogP contribution in [-0.4, -0.2) is 6.21 Å². The van der Waals surface area contributed by atoms with Crippen molar-refractivity contribution in [2.75, 3.05) is 0 Å². The first kappa shape index (κ1) is 21.5. The Hall–Kier alpha value is -2.75. The van der Waals surface area contributed by atoms with Gasteiger partial charge in [-0.2, -0.15) is 0 Å². The molecule has 2 aliphatic carbocycles. The summed E-state index contributed by atoms with van der Waals surface area (Å²) in [5, 5.41) is 0. The molecule has 0 saturated heterocycles.